The Hall–Kier alpha value is -2.74. The van der Waals surface area contributed by atoms with Crippen LogP contribution in [0, 0.1) is 0 Å². The molecule has 2 aliphatic rings. The topological polar surface area (TPSA) is 67.2 Å². The highest BCUT2D eigenvalue weighted by molar-refractivity contribution is 5.80. The molecule has 0 aliphatic carbocycles. The number of fused-ring (bicyclic) bond motifs is 1. The first-order valence-corrected chi connectivity index (χ1v) is 10.8. The van der Waals surface area contributed by atoms with Crippen molar-refractivity contribution in [1.82, 2.24) is 24.9 Å². The van der Waals surface area contributed by atoms with E-state index < -0.39 is 0 Å². The fourth-order valence-corrected chi connectivity index (χ4v) is 3.91. The first-order valence-electron chi connectivity index (χ1n) is 10.8. The minimum atomic E-state index is 0.326. The molecule has 0 unspecified atom stereocenters. The van der Waals surface area contributed by atoms with Crippen LogP contribution in [-0.2, 0) is 20.0 Å². The number of nitrogens with zero attached hydrogens (tertiary/aromatic N) is 5. The number of benzene rings is 1. The van der Waals surface area contributed by atoms with Gasteiger partial charge in [0.1, 0.15) is 0 Å². The largest absolute Gasteiger partial charge is 0.454 e. The van der Waals surface area contributed by atoms with Gasteiger partial charge in [0.15, 0.2) is 17.5 Å². The maximum absolute atomic E-state index is 5.50. The van der Waals surface area contributed by atoms with E-state index in [4.69, 9.17) is 14.5 Å². The lowest BCUT2D eigenvalue weighted by atomic mass is 10.1. The molecular weight excluding hydrogens is 380 g/mol. The van der Waals surface area contributed by atoms with Crippen LogP contribution >= 0.6 is 0 Å². The molecule has 8 heteroatoms. The van der Waals surface area contributed by atoms with E-state index in [1.54, 1.807) is 0 Å². The van der Waals surface area contributed by atoms with Gasteiger partial charge in [-0.3, -0.25) is 14.6 Å². The number of rotatable bonds is 7. The fourth-order valence-electron chi connectivity index (χ4n) is 3.91. The molecule has 30 heavy (non-hydrogen) atoms. The van der Waals surface area contributed by atoms with Gasteiger partial charge in [0.05, 0.1) is 6.20 Å². The number of aryl methyl sites for hydroxylation is 2. The summed E-state index contributed by atoms with van der Waals surface area (Å²) in [7, 11) is 1.96. The van der Waals surface area contributed by atoms with E-state index in [0.29, 0.717) is 6.79 Å². The highest BCUT2D eigenvalue weighted by atomic mass is 16.7. The molecular formula is C22H32N6O2. The molecule has 2 aliphatic heterocycles. The molecule has 1 N–H and O–H groups in total. The molecule has 0 bridgehead atoms. The Kier molecular flexibility index (Phi) is 6.74. The normalized spacial score (nSPS) is 16.9. The molecule has 2 aromatic rings. The molecule has 4 rings (SSSR count). The van der Waals surface area contributed by atoms with Crippen molar-refractivity contribution in [2.24, 2.45) is 12.0 Å². The second kappa shape index (κ2) is 9.84. The zero-order chi connectivity index (χ0) is 20.8. The van der Waals surface area contributed by atoms with E-state index in [-0.39, 0.29) is 0 Å². The SMILES string of the molecule is CCNC(=NCCCc1cnn(C)c1)N1CCN(Cc2ccc3c(c2)OCO3)CC1. The van der Waals surface area contributed by atoms with Gasteiger partial charge in [0.2, 0.25) is 6.79 Å². The highest BCUT2D eigenvalue weighted by Gasteiger charge is 2.20. The molecule has 1 saturated heterocycles. The van der Waals surface area contributed by atoms with Gasteiger partial charge in [-0.1, -0.05) is 6.07 Å². The van der Waals surface area contributed by atoms with Crippen LogP contribution in [0.1, 0.15) is 24.5 Å². The summed E-state index contributed by atoms with van der Waals surface area (Å²) < 4.78 is 12.8. The predicted molar refractivity (Wildman–Crippen MR) is 117 cm³/mol. The number of aromatic nitrogens is 2. The molecule has 0 radical (unpaired) electrons. The van der Waals surface area contributed by atoms with E-state index in [0.717, 1.165) is 76.1 Å². The molecule has 0 spiro atoms. The smallest absolute Gasteiger partial charge is 0.231 e. The molecule has 162 valence electrons. The third-order valence-corrected chi connectivity index (χ3v) is 5.49. The van der Waals surface area contributed by atoms with Gasteiger partial charge in [-0.15, -0.1) is 0 Å². The lowest BCUT2D eigenvalue weighted by molar-refractivity contribution is 0.171. The average molecular weight is 413 g/mol. The van der Waals surface area contributed by atoms with Gasteiger partial charge >= 0.3 is 0 Å². The second-order valence-corrected chi connectivity index (χ2v) is 7.81. The first kappa shape index (κ1) is 20.5. The van der Waals surface area contributed by atoms with E-state index in [9.17, 15) is 0 Å². The van der Waals surface area contributed by atoms with Crippen molar-refractivity contribution in [3.63, 3.8) is 0 Å². The molecule has 0 saturated carbocycles. The summed E-state index contributed by atoms with van der Waals surface area (Å²) in [4.78, 5) is 9.73. The van der Waals surface area contributed by atoms with Crippen molar-refractivity contribution in [3.8, 4) is 11.5 Å². The van der Waals surface area contributed by atoms with Crippen molar-refractivity contribution >= 4 is 5.96 Å². The zero-order valence-electron chi connectivity index (χ0n) is 18.0. The zero-order valence-corrected chi connectivity index (χ0v) is 18.0. The van der Waals surface area contributed by atoms with E-state index in [1.165, 1.54) is 11.1 Å². The Morgan fingerprint density at radius 1 is 1.13 bits per heavy atom. The van der Waals surface area contributed by atoms with Gasteiger partial charge in [0, 0.05) is 59.1 Å². The van der Waals surface area contributed by atoms with Crippen LogP contribution in [0.25, 0.3) is 0 Å². The van der Waals surface area contributed by atoms with Crippen LogP contribution < -0.4 is 14.8 Å². The van der Waals surface area contributed by atoms with Gasteiger partial charge in [-0.2, -0.15) is 5.10 Å². The van der Waals surface area contributed by atoms with Crippen LogP contribution in [0.4, 0.5) is 0 Å². The Bertz CT molecular complexity index is 857. The molecule has 1 fully saturated rings. The summed E-state index contributed by atoms with van der Waals surface area (Å²) in [5.74, 6) is 2.74. The van der Waals surface area contributed by atoms with Crippen molar-refractivity contribution < 1.29 is 9.47 Å². The number of piperazine rings is 1. The van der Waals surface area contributed by atoms with Gasteiger partial charge in [0.25, 0.3) is 0 Å². The summed E-state index contributed by atoms with van der Waals surface area (Å²) in [5.41, 5.74) is 2.54. The van der Waals surface area contributed by atoms with Crippen molar-refractivity contribution in [1.29, 1.82) is 0 Å². The lowest BCUT2D eigenvalue weighted by Crippen LogP contribution is -2.52. The standard InChI is InChI=1S/C22H32N6O2/c1-3-23-22(24-8-4-5-19-14-25-26(2)15-19)28-11-9-27(10-12-28)16-18-6-7-20-21(13-18)30-17-29-20/h6-7,13-15H,3-5,8-12,16-17H2,1-2H3,(H,23,24). The third-order valence-electron chi connectivity index (χ3n) is 5.49. The lowest BCUT2D eigenvalue weighted by Gasteiger charge is -2.36. The van der Waals surface area contributed by atoms with Crippen LogP contribution in [0.5, 0.6) is 11.5 Å². The average Bonchev–Trinajstić information content (AvgIpc) is 3.39. The maximum atomic E-state index is 5.50. The van der Waals surface area contributed by atoms with Crippen LogP contribution in [0.15, 0.2) is 35.6 Å². The fraction of sp³-hybridized carbons (Fsp3) is 0.545. The minimum Gasteiger partial charge on any atom is -0.454 e. The molecule has 0 atom stereocenters. The summed E-state index contributed by atoms with van der Waals surface area (Å²) in [5, 5.41) is 7.69. The van der Waals surface area contributed by atoms with Gasteiger partial charge in [-0.05, 0) is 43.0 Å². The molecule has 0 amide bonds. The molecule has 3 heterocycles. The van der Waals surface area contributed by atoms with E-state index in [1.807, 2.05) is 24.0 Å². The van der Waals surface area contributed by atoms with Gasteiger partial charge < -0.3 is 19.7 Å². The Morgan fingerprint density at radius 3 is 2.73 bits per heavy atom. The monoisotopic (exact) mass is 412 g/mol. The molecule has 1 aromatic heterocycles. The van der Waals surface area contributed by atoms with Crippen molar-refractivity contribution in [3.05, 3.63) is 41.7 Å². The van der Waals surface area contributed by atoms with Crippen molar-refractivity contribution in [2.75, 3.05) is 46.1 Å². The van der Waals surface area contributed by atoms with E-state index >= 15 is 0 Å². The summed E-state index contributed by atoms with van der Waals surface area (Å²) in [6.07, 6.45) is 6.06. The third kappa shape index (κ3) is 5.24. The van der Waals surface area contributed by atoms with Crippen molar-refractivity contribution in [2.45, 2.75) is 26.3 Å². The summed E-state index contributed by atoms with van der Waals surface area (Å²) in [6, 6.07) is 6.24. The second-order valence-electron chi connectivity index (χ2n) is 7.81. The number of ether oxygens (including phenoxy) is 2. The number of hydrogen-bond acceptors (Lipinski definition) is 5. The minimum absolute atomic E-state index is 0.326. The number of aliphatic imine (C=N–C) groups is 1. The van der Waals surface area contributed by atoms with Gasteiger partial charge in [-0.25, -0.2) is 0 Å². The Balaban J connectivity index is 1.25. The number of nitrogens with one attached hydrogen (secondary N) is 1. The van der Waals surface area contributed by atoms with Crippen LogP contribution in [-0.4, -0.2) is 71.6 Å². The first-order chi connectivity index (χ1) is 14.7. The molecule has 1 aromatic carbocycles. The Morgan fingerprint density at radius 2 is 1.97 bits per heavy atom. The Labute approximate surface area is 178 Å². The summed E-state index contributed by atoms with van der Waals surface area (Å²) >= 11 is 0. The quantitative estimate of drug-likeness (QED) is 0.425. The number of guanidine groups is 1. The van der Waals surface area contributed by atoms with Crippen LogP contribution in [0.3, 0.4) is 0 Å². The molecule has 8 nitrogen and oxygen atoms in total. The summed E-state index contributed by atoms with van der Waals surface area (Å²) in [6.45, 7) is 9.12. The number of hydrogen-bond donors (Lipinski definition) is 1. The highest BCUT2D eigenvalue weighted by Crippen LogP contribution is 2.32. The van der Waals surface area contributed by atoms with Crippen LogP contribution in [0.2, 0.25) is 0 Å². The van der Waals surface area contributed by atoms with E-state index in [2.05, 4.69) is 45.5 Å². The maximum Gasteiger partial charge on any atom is 0.231 e. The predicted octanol–water partition coefficient (Wildman–Crippen LogP) is 1.86.